The van der Waals surface area contributed by atoms with Gasteiger partial charge in [-0.3, -0.25) is 9.59 Å². The minimum Gasteiger partial charge on any atom is -0.458 e. The van der Waals surface area contributed by atoms with Gasteiger partial charge < -0.3 is 58.1 Å². The summed E-state index contributed by atoms with van der Waals surface area (Å²) in [6, 6.07) is 4.02. The van der Waals surface area contributed by atoms with Gasteiger partial charge in [0.15, 0.2) is 23.4 Å². The number of hydrogen-bond acceptors (Lipinski definition) is 14. The number of alkyl carbamates (subject to hydrolysis) is 1. The number of likely N-dealkylation sites (N-methyl/N-ethyl adjacent to an activating group) is 1. The molecule has 5 aliphatic heterocycles. The average Bonchev–Trinajstić information content (AvgIpc) is 3.91. The monoisotopic (exact) mass is 859 g/mol. The summed E-state index contributed by atoms with van der Waals surface area (Å²) in [5.74, 6) is -3.07. The van der Waals surface area contributed by atoms with Gasteiger partial charge in [-0.1, -0.05) is 53.7 Å². The van der Waals surface area contributed by atoms with Crippen LogP contribution in [0.2, 0.25) is 0 Å². The number of Topliss-reactive ketones (excluding diaryl/α,β-unsaturated/α-hetero) is 1. The lowest BCUT2D eigenvalue weighted by atomic mass is 9.73. The third-order valence-electron chi connectivity index (χ3n) is 14.1. The van der Waals surface area contributed by atoms with Crippen LogP contribution in [0.5, 0.6) is 11.5 Å². The number of rotatable bonds is 7. The van der Waals surface area contributed by atoms with Gasteiger partial charge in [-0.15, -0.1) is 0 Å². The van der Waals surface area contributed by atoms with Gasteiger partial charge in [-0.25, -0.2) is 9.59 Å². The molecular weight excluding hydrogens is 791 g/mol. The summed E-state index contributed by atoms with van der Waals surface area (Å²) in [6.07, 6.45) is -5.61. The van der Waals surface area contributed by atoms with Crippen molar-refractivity contribution in [1.29, 1.82) is 0 Å². The van der Waals surface area contributed by atoms with E-state index < -0.39 is 95.8 Å². The first kappa shape index (κ1) is 46.8. The van der Waals surface area contributed by atoms with E-state index in [4.69, 9.17) is 37.9 Å². The number of amides is 2. The molecule has 0 radical (unpaired) electrons. The molecule has 0 unspecified atom stereocenters. The normalized spacial score (nSPS) is 40.5. The minimum atomic E-state index is -1.40. The number of ketones is 1. The topological polar surface area (TPSA) is 181 Å². The van der Waals surface area contributed by atoms with E-state index in [9.17, 15) is 24.3 Å². The number of esters is 1. The number of carbonyl (C=O) groups excluding carboxylic acids is 4. The average molecular weight is 860 g/mol. The fourth-order valence-corrected chi connectivity index (χ4v) is 10.7. The zero-order chi connectivity index (χ0) is 44.9. The van der Waals surface area contributed by atoms with Crippen molar-refractivity contribution in [3.05, 3.63) is 23.8 Å². The summed E-state index contributed by atoms with van der Waals surface area (Å²) >= 11 is 0. The predicted octanol–water partition coefficient (Wildman–Crippen LogP) is 5.62. The van der Waals surface area contributed by atoms with Crippen LogP contribution in [-0.2, 0) is 38.0 Å². The van der Waals surface area contributed by atoms with E-state index in [0.29, 0.717) is 30.9 Å². The van der Waals surface area contributed by atoms with Crippen molar-refractivity contribution >= 4 is 23.9 Å². The molecule has 0 bridgehead atoms. The molecule has 342 valence electrons. The number of benzene rings is 1. The van der Waals surface area contributed by atoms with Crippen LogP contribution in [0.15, 0.2) is 18.2 Å². The molecule has 0 saturated carbocycles. The van der Waals surface area contributed by atoms with E-state index >= 15 is 0 Å². The highest BCUT2D eigenvalue weighted by atomic mass is 16.7. The fourth-order valence-electron chi connectivity index (χ4n) is 10.7. The standard InChI is InChI=1S/C45H69N3O13/c1-14-32-45(10)37(46-41(52)61-45)25(4)33(49)23(2)19-44(9,54-13)38(60-40-34(50)29(47(11)12)18-24(3)57-40)26(5)35(27(6)39(51)58-32)59-42(53)48-21-43(7,8)20-30(48)28-16-15-17-31-36(28)56-22-55-31/h15-17,23-27,29-30,32,34-35,37-38,40,50H,14,18-22H2,1-13H3,(H,46,52)/t23-,24-,25+,26+,27-,29+,30-,32-,34-,35+,37-,38-,40+,44-,45-/m1/s1. The van der Waals surface area contributed by atoms with Crippen molar-refractivity contribution < 1.29 is 62.2 Å². The van der Waals surface area contributed by atoms with Crippen LogP contribution < -0.4 is 14.8 Å². The molecule has 16 heteroatoms. The molecule has 0 aromatic heterocycles. The van der Waals surface area contributed by atoms with Crippen LogP contribution in [0.4, 0.5) is 9.59 Å². The molecule has 0 aliphatic carbocycles. The SMILES string of the molecule is CC[C@H]1OC(=O)[C@H](C)[C@@H](OC(=O)N2CC(C)(C)C[C@@H]2c2cccc3c2OCO3)[C@H](C)[C@@H](O[C@@H]2O[C@H](C)C[C@H](N(C)C)[C@H]2O)[C@](C)(OC)C[C@@H](C)C(=O)[C@H](C)[C@H]2NC(=O)O[C@@]21C. The van der Waals surface area contributed by atoms with Crippen LogP contribution in [0, 0.1) is 29.1 Å². The van der Waals surface area contributed by atoms with E-state index in [2.05, 4.69) is 19.2 Å². The first-order valence-electron chi connectivity index (χ1n) is 21.9. The van der Waals surface area contributed by atoms with Gasteiger partial charge in [-0.05, 0) is 79.0 Å². The molecule has 6 rings (SSSR count). The van der Waals surface area contributed by atoms with Crippen molar-refractivity contribution in [2.24, 2.45) is 29.1 Å². The summed E-state index contributed by atoms with van der Waals surface area (Å²) in [5.41, 5.74) is -2.23. The Labute approximate surface area is 360 Å². The Morgan fingerprint density at radius 1 is 1.02 bits per heavy atom. The largest absolute Gasteiger partial charge is 0.458 e. The number of aliphatic hydroxyl groups is 1. The number of hydrogen-bond donors (Lipinski definition) is 2. The van der Waals surface area contributed by atoms with Crippen LogP contribution in [0.1, 0.15) is 107 Å². The number of methoxy groups -OCH3 is 1. The van der Waals surface area contributed by atoms with Crippen molar-refractivity contribution in [2.45, 2.75) is 161 Å². The number of carbonyl (C=O) groups is 4. The molecule has 5 heterocycles. The Bertz CT molecular complexity index is 1790. The quantitative estimate of drug-likeness (QED) is 0.255. The van der Waals surface area contributed by atoms with E-state index in [1.807, 2.05) is 64.9 Å². The maximum atomic E-state index is 14.9. The number of para-hydroxylation sites is 1. The van der Waals surface area contributed by atoms with Crippen molar-refractivity contribution in [3.63, 3.8) is 0 Å². The summed E-state index contributed by atoms with van der Waals surface area (Å²) in [7, 11) is 5.28. The third-order valence-corrected chi connectivity index (χ3v) is 14.1. The minimum absolute atomic E-state index is 0.0657. The number of nitrogens with one attached hydrogen (secondary N) is 1. The Hall–Kier alpha value is -3.70. The first-order valence-corrected chi connectivity index (χ1v) is 21.9. The lowest BCUT2D eigenvalue weighted by Gasteiger charge is -2.48. The van der Waals surface area contributed by atoms with E-state index in [1.54, 1.807) is 32.6 Å². The van der Waals surface area contributed by atoms with E-state index in [0.717, 1.165) is 5.56 Å². The second-order valence-electron chi connectivity index (χ2n) is 19.6. The molecule has 2 amide bonds. The van der Waals surface area contributed by atoms with E-state index in [-0.39, 0.29) is 43.0 Å². The number of nitrogens with zero attached hydrogens (tertiary/aromatic N) is 2. The molecule has 4 saturated heterocycles. The highest BCUT2D eigenvalue weighted by Crippen LogP contribution is 2.49. The molecule has 2 N–H and O–H groups in total. The molecule has 5 aliphatic rings. The molecule has 0 spiro atoms. The van der Waals surface area contributed by atoms with Gasteiger partial charge in [0.25, 0.3) is 0 Å². The second kappa shape index (κ2) is 17.8. The van der Waals surface area contributed by atoms with Gasteiger partial charge >= 0.3 is 18.2 Å². The maximum absolute atomic E-state index is 14.9. The highest BCUT2D eigenvalue weighted by molar-refractivity contribution is 5.85. The van der Waals surface area contributed by atoms with Crippen LogP contribution in [-0.4, -0.2) is 133 Å². The molecule has 16 nitrogen and oxygen atoms in total. The molecule has 1 aromatic carbocycles. The highest BCUT2D eigenvalue weighted by Gasteiger charge is 2.58. The fraction of sp³-hybridized carbons (Fsp3) is 0.778. The summed E-state index contributed by atoms with van der Waals surface area (Å²) in [5, 5.41) is 14.6. The van der Waals surface area contributed by atoms with Crippen molar-refractivity contribution in [2.75, 3.05) is 34.5 Å². The number of ether oxygens (including phenoxy) is 8. The second-order valence-corrected chi connectivity index (χ2v) is 19.6. The summed E-state index contributed by atoms with van der Waals surface area (Å²) in [6.45, 7) is 18.8. The van der Waals surface area contributed by atoms with Crippen molar-refractivity contribution in [1.82, 2.24) is 15.1 Å². The molecule has 61 heavy (non-hydrogen) atoms. The summed E-state index contributed by atoms with van der Waals surface area (Å²) < 4.78 is 49.9. The Balaban J connectivity index is 1.45. The Morgan fingerprint density at radius 3 is 2.38 bits per heavy atom. The number of cyclic esters (lactones) is 1. The Kier molecular flexibility index (Phi) is 13.7. The molecule has 4 fully saturated rings. The van der Waals surface area contributed by atoms with Gasteiger partial charge in [-0.2, -0.15) is 0 Å². The molecule has 15 atom stereocenters. The van der Waals surface area contributed by atoms with E-state index in [1.165, 1.54) is 7.11 Å². The number of aliphatic hydroxyl groups excluding tert-OH is 1. The molecule has 1 aromatic rings. The summed E-state index contributed by atoms with van der Waals surface area (Å²) in [4.78, 5) is 60.6. The Morgan fingerprint density at radius 2 is 1.72 bits per heavy atom. The van der Waals surface area contributed by atoms with Crippen LogP contribution in [0.25, 0.3) is 0 Å². The zero-order valence-corrected chi connectivity index (χ0v) is 38.2. The van der Waals surface area contributed by atoms with Crippen LogP contribution in [0.3, 0.4) is 0 Å². The van der Waals surface area contributed by atoms with Gasteiger partial charge in [0.1, 0.15) is 24.1 Å². The smallest absolute Gasteiger partial charge is 0.410 e. The lowest BCUT2D eigenvalue weighted by Crippen LogP contribution is -2.61. The predicted molar refractivity (Wildman–Crippen MR) is 222 cm³/mol. The maximum Gasteiger partial charge on any atom is 0.410 e. The third kappa shape index (κ3) is 9.07. The number of likely N-dealkylation sites (tertiary alicyclic amines) is 1. The molecular formula is C45H69N3O13. The van der Waals surface area contributed by atoms with Crippen molar-refractivity contribution in [3.8, 4) is 11.5 Å². The van der Waals surface area contributed by atoms with Crippen LogP contribution >= 0.6 is 0 Å². The van der Waals surface area contributed by atoms with Gasteiger partial charge in [0.05, 0.1) is 35.8 Å². The first-order chi connectivity index (χ1) is 28.5. The number of fused-ring (bicyclic) bond motifs is 2. The zero-order valence-electron chi connectivity index (χ0n) is 38.2. The van der Waals surface area contributed by atoms with Gasteiger partial charge in [0.2, 0.25) is 6.79 Å². The lowest BCUT2D eigenvalue weighted by molar-refractivity contribution is -0.301. The van der Waals surface area contributed by atoms with Gasteiger partial charge in [0, 0.05) is 43.0 Å².